The zero-order valence-electron chi connectivity index (χ0n) is 9.63. The minimum absolute atomic E-state index is 0.0658. The molecular weight excluding hydrogens is 178 g/mol. The molecule has 3 nitrogen and oxygen atoms in total. The summed E-state index contributed by atoms with van der Waals surface area (Å²) in [4.78, 5) is 4.52. The van der Waals surface area contributed by atoms with Gasteiger partial charge in [0.2, 0.25) is 5.90 Å². The molecule has 0 aromatic rings. The Bertz CT molecular complexity index is 276. The largest absolute Gasteiger partial charge is 0.476 e. The summed E-state index contributed by atoms with van der Waals surface area (Å²) in [6, 6.07) is 0. The van der Waals surface area contributed by atoms with Gasteiger partial charge in [-0.15, -0.1) is 0 Å². The fourth-order valence-corrected chi connectivity index (χ4v) is 1.72. The smallest absolute Gasteiger partial charge is 0.216 e. The molecule has 0 aromatic heterocycles. The third-order valence-corrected chi connectivity index (χ3v) is 2.57. The maximum atomic E-state index is 5.60. The van der Waals surface area contributed by atoms with Crippen molar-refractivity contribution in [1.29, 1.82) is 0 Å². The second-order valence-electron chi connectivity index (χ2n) is 5.89. The van der Waals surface area contributed by atoms with E-state index in [9.17, 15) is 0 Å². The SMILES string of the molecule is CC1(C)COC([C@H]2O[C@@H]2C(C)(C)C)=N1. The van der Waals surface area contributed by atoms with Gasteiger partial charge in [-0.1, -0.05) is 20.8 Å². The first-order chi connectivity index (χ1) is 6.30. The summed E-state index contributed by atoms with van der Waals surface area (Å²) in [5.74, 6) is 0.801. The molecule has 14 heavy (non-hydrogen) atoms. The predicted octanol–water partition coefficient (Wildman–Crippen LogP) is 2.01. The monoisotopic (exact) mass is 197 g/mol. The predicted molar refractivity (Wildman–Crippen MR) is 55.6 cm³/mol. The van der Waals surface area contributed by atoms with Crippen LogP contribution in [0.5, 0.6) is 0 Å². The number of aliphatic imine (C=N–C) groups is 1. The Kier molecular flexibility index (Phi) is 1.94. The van der Waals surface area contributed by atoms with Crippen molar-refractivity contribution in [2.45, 2.75) is 52.4 Å². The second-order valence-corrected chi connectivity index (χ2v) is 5.89. The zero-order valence-corrected chi connectivity index (χ0v) is 9.63. The lowest BCUT2D eigenvalue weighted by atomic mass is 9.90. The van der Waals surface area contributed by atoms with Gasteiger partial charge in [-0.25, -0.2) is 4.99 Å². The van der Waals surface area contributed by atoms with Crippen LogP contribution in [0.2, 0.25) is 0 Å². The zero-order chi connectivity index (χ0) is 10.6. The summed E-state index contributed by atoms with van der Waals surface area (Å²) in [6.45, 7) is 11.4. The van der Waals surface area contributed by atoms with E-state index in [1.54, 1.807) is 0 Å². The van der Waals surface area contributed by atoms with Crippen molar-refractivity contribution < 1.29 is 9.47 Å². The Morgan fingerprint density at radius 1 is 1.36 bits per heavy atom. The molecule has 1 saturated heterocycles. The van der Waals surface area contributed by atoms with Gasteiger partial charge >= 0.3 is 0 Å². The minimum atomic E-state index is -0.0658. The Morgan fingerprint density at radius 3 is 2.36 bits per heavy atom. The van der Waals surface area contributed by atoms with Crippen LogP contribution >= 0.6 is 0 Å². The fraction of sp³-hybridized carbons (Fsp3) is 0.909. The molecule has 80 valence electrons. The van der Waals surface area contributed by atoms with Crippen molar-refractivity contribution in [2.75, 3.05) is 6.61 Å². The van der Waals surface area contributed by atoms with Crippen LogP contribution in [0.1, 0.15) is 34.6 Å². The van der Waals surface area contributed by atoms with Crippen LogP contribution < -0.4 is 0 Å². The van der Waals surface area contributed by atoms with E-state index in [0.717, 1.165) is 5.90 Å². The molecule has 0 aromatic carbocycles. The molecule has 0 unspecified atom stereocenters. The summed E-state index contributed by atoms with van der Waals surface area (Å²) in [5.41, 5.74) is 0.118. The first kappa shape index (κ1) is 9.97. The Labute approximate surface area is 85.5 Å². The summed E-state index contributed by atoms with van der Waals surface area (Å²) < 4.78 is 11.1. The second kappa shape index (κ2) is 2.72. The average Bonchev–Trinajstić information content (AvgIpc) is 2.70. The maximum Gasteiger partial charge on any atom is 0.216 e. The standard InChI is InChI=1S/C11H19NO2/c1-10(2,3)8-7(14-8)9-12-11(4,5)6-13-9/h7-8H,6H2,1-5H3/t7-,8-/m0/s1. The number of epoxide rings is 1. The van der Waals surface area contributed by atoms with Crippen LogP contribution in [0.25, 0.3) is 0 Å². The van der Waals surface area contributed by atoms with Crippen molar-refractivity contribution in [2.24, 2.45) is 10.4 Å². The van der Waals surface area contributed by atoms with Crippen molar-refractivity contribution in [3.8, 4) is 0 Å². The van der Waals surface area contributed by atoms with Gasteiger partial charge in [-0.05, 0) is 19.3 Å². The number of hydrogen-bond donors (Lipinski definition) is 0. The van der Waals surface area contributed by atoms with Gasteiger partial charge in [0.15, 0.2) is 6.10 Å². The minimum Gasteiger partial charge on any atom is -0.476 e. The molecule has 0 aliphatic carbocycles. The Balaban J connectivity index is 2.02. The van der Waals surface area contributed by atoms with E-state index >= 15 is 0 Å². The lowest BCUT2D eigenvalue weighted by Gasteiger charge is -2.13. The molecule has 2 atom stereocenters. The highest BCUT2D eigenvalue weighted by atomic mass is 16.6. The van der Waals surface area contributed by atoms with E-state index in [2.05, 4.69) is 39.6 Å². The first-order valence-corrected chi connectivity index (χ1v) is 5.18. The van der Waals surface area contributed by atoms with Gasteiger partial charge in [0.05, 0.1) is 11.6 Å². The number of rotatable bonds is 1. The van der Waals surface area contributed by atoms with Crippen molar-refractivity contribution in [1.82, 2.24) is 0 Å². The third kappa shape index (κ3) is 1.78. The first-order valence-electron chi connectivity index (χ1n) is 5.18. The normalized spacial score (nSPS) is 35.1. The maximum absolute atomic E-state index is 5.60. The van der Waals surface area contributed by atoms with Crippen LogP contribution in [0.15, 0.2) is 4.99 Å². The molecule has 0 N–H and O–H groups in total. The molecule has 0 radical (unpaired) electrons. The van der Waals surface area contributed by atoms with Gasteiger partial charge in [0.1, 0.15) is 6.61 Å². The van der Waals surface area contributed by atoms with E-state index in [1.165, 1.54) is 0 Å². The van der Waals surface area contributed by atoms with Crippen LogP contribution in [-0.2, 0) is 9.47 Å². The molecule has 0 saturated carbocycles. The molecule has 0 amide bonds. The van der Waals surface area contributed by atoms with Gasteiger partial charge in [0, 0.05) is 0 Å². The molecule has 3 heteroatoms. The van der Waals surface area contributed by atoms with E-state index < -0.39 is 0 Å². The fourth-order valence-electron chi connectivity index (χ4n) is 1.72. The quantitative estimate of drug-likeness (QED) is 0.602. The number of nitrogens with zero attached hydrogens (tertiary/aromatic N) is 1. The van der Waals surface area contributed by atoms with Gasteiger partial charge in [-0.2, -0.15) is 0 Å². The number of hydrogen-bond acceptors (Lipinski definition) is 3. The van der Waals surface area contributed by atoms with Crippen molar-refractivity contribution in [3.05, 3.63) is 0 Å². The topological polar surface area (TPSA) is 34.1 Å². The molecule has 2 aliphatic heterocycles. The molecular formula is C11H19NO2. The van der Waals surface area contributed by atoms with E-state index in [-0.39, 0.29) is 23.2 Å². The van der Waals surface area contributed by atoms with Crippen LogP contribution in [0.3, 0.4) is 0 Å². The highest BCUT2D eigenvalue weighted by molar-refractivity contribution is 5.85. The van der Waals surface area contributed by atoms with E-state index in [1.807, 2.05) is 0 Å². The molecule has 2 aliphatic rings. The highest BCUT2D eigenvalue weighted by Crippen LogP contribution is 2.40. The lowest BCUT2D eigenvalue weighted by Crippen LogP contribution is -2.20. The van der Waals surface area contributed by atoms with E-state index in [4.69, 9.17) is 9.47 Å². The summed E-state index contributed by atoms with van der Waals surface area (Å²) in [6.07, 6.45) is 0.381. The molecule has 2 heterocycles. The van der Waals surface area contributed by atoms with Gasteiger partial charge < -0.3 is 9.47 Å². The third-order valence-electron chi connectivity index (χ3n) is 2.57. The summed E-state index contributed by atoms with van der Waals surface area (Å²) in [7, 11) is 0. The van der Waals surface area contributed by atoms with Crippen molar-refractivity contribution in [3.63, 3.8) is 0 Å². The number of ether oxygens (including phenoxy) is 2. The lowest BCUT2D eigenvalue weighted by molar-refractivity contribution is 0.254. The van der Waals surface area contributed by atoms with Gasteiger partial charge in [-0.3, -0.25) is 0 Å². The molecule has 2 rings (SSSR count). The highest BCUT2D eigenvalue weighted by Gasteiger charge is 2.53. The molecule has 1 fully saturated rings. The van der Waals surface area contributed by atoms with E-state index in [0.29, 0.717) is 6.61 Å². The molecule has 0 spiro atoms. The van der Waals surface area contributed by atoms with Crippen LogP contribution in [-0.4, -0.2) is 30.3 Å². The Morgan fingerprint density at radius 2 is 2.00 bits per heavy atom. The average molecular weight is 197 g/mol. The van der Waals surface area contributed by atoms with Crippen LogP contribution in [0, 0.1) is 5.41 Å². The summed E-state index contributed by atoms with van der Waals surface area (Å²) >= 11 is 0. The van der Waals surface area contributed by atoms with Crippen LogP contribution in [0.4, 0.5) is 0 Å². The molecule has 0 bridgehead atoms. The Hall–Kier alpha value is -0.570. The van der Waals surface area contributed by atoms with Crippen molar-refractivity contribution >= 4 is 5.90 Å². The van der Waals surface area contributed by atoms with Gasteiger partial charge in [0.25, 0.3) is 0 Å². The summed E-state index contributed by atoms with van der Waals surface area (Å²) in [5, 5.41) is 0.